The summed E-state index contributed by atoms with van der Waals surface area (Å²) in [5.74, 6) is -1.84. The fraction of sp³-hybridized carbons (Fsp3) is 0.438. The summed E-state index contributed by atoms with van der Waals surface area (Å²) in [5, 5.41) is 2.44. The molecule has 0 heterocycles. The minimum Gasteiger partial charge on any atom is -0.451 e. The lowest BCUT2D eigenvalue weighted by Crippen LogP contribution is -2.36. The van der Waals surface area contributed by atoms with Crippen molar-refractivity contribution in [2.24, 2.45) is 5.73 Å². The maximum absolute atomic E-state index is 11.9. The Kier molecular flexibility index (Phi) is 5.68. The number of benzene rings is 1. The highest BCUT2D eigenvalue weighted by atomic mass is 16.5. The number of nitrogens with two attached hydrogens (primary N) is 1. The Morgan fingerprint density at radius 3 is 2.18 bits per heavy atom. The van der Waals surface area contributed by atoms with Crippen LogP contribution in [-0.2, 0) is 19.7 Å². The van der Waals surface area contributed by atoms with Crippen LogP contribution in [0.25, 0.3) is 0 Å². The number of carbonyl (C=O) groups is 3. The van der Waals surface area contributed by atoms with Gasteiger partial charge in [0.1, 0.15) is 6.54 Å². The van der Waals surface area contributed by atoms with Gasteiger partial charge in [0.25, 0.3) is 11.8 Å². The SMILES string of the molecule is C[C@@H](OC(=O)CNC(=O)c1ccc(C(C)(C)C)cc1)C(N)=O. The van der Waals surface area contributed by atoms with E-state index < -0.39 is 18.0 Å². The summed E-state index contributed by atoms with van der Waals surface area (Å²) in [6.45, 7) is 7.29. The first-order chi connectivity index (χ1) is 10.1. The molecule has 0 spiro atoms. The van der Waals surface area contributed by atoms with Crippen LogP contribution in [0.1, 0.15) is 43.6 Å². The van der Waals surface area contributed by atoms with Crippen LogP contribution in [0.4, 0.5) is 0 Å². The van der Waals surface area contributed by atoms with Gasteiger partial charge in [-0.3, -0.25) is 14.4 Å². The van der Waals surface area contributed by atoms with Gasteiger partial charge in [0, 0.05) is 5.56 Å². The second-order valence-electron chi connectivity index (χ2n) is 6.04. The molecule has 2 amide bonds. The molecule has 1 aromatic carbocycles. The van der Waals surface area contributed by atoms with E-state index in [2.05, 4.69) is 26.1 Å². The third-order valence-corrected chi connectivity index (χ3v) is 3.12. The van der Waals surface area contributed by atoms with Crippen molar-refractivity contribution in [2.45, 2.75) is 39.2 Å². The lowest BCUT2D eigenvalue weighted by Gasteiger charge is -2.19. The average molecular weight is 306 g/mol. The van der Waals surface area contributed by atoms with Gasteiger partial charge < -0.3 is 15.8 Å². The van der Waals surface area contributed by atoms with Gasteiger partial charge in [0.2, 0.25) is 0 Å². The molecule has 0 fully saturated rings. The molecule has 1 aromatic rings. The van der Waals surface area contributed by atoms with E-state index in [0.29, 0.717) is 5.56 Å². The van der Waals surface area contributed by atoms with E-state index in [1.165, 1.54) is 6.92 Å². The maximum atomic E-state index is 11.9. The summed E-state index contributed by atoms with van der Waals surface area (Å²) in [5.41, 5.74) is 6.54. The molecule has 0 aliphatic carbocycles. The third kappa shape index (κ3) is 5.20. The first-order valence-corrected chi connectivity index (χ1v) is 6.99. The molecule has 22 heavy (non-hydrogen) atoms. The number of esters is 1. The number of carbonyl (C=O) groups excluding carboxylic acids is 3. The Hall–Kier alpha value is -2.37. The third-order valence-electron chi connectivity index (χ3n) is 3.12. The van der Waals surface area contributed by atoms with Gasteiger partial charge in [-0.1, -0.05) is 32.9 Å². The number of hydrogen-bond donors (Lipinski definition) is 2. The number of rotatable bonds is 5. The van der Waals surface area contributed by atoms with E-state index >= 15 is 0 Å². The molecule has 0 aliphatic rings. The number of hydrogen-bond acceptors (Lipinski definition) is 4. The molecule has 1 rings (SSSR count). The first kappa shape index (κ1) is 17.7. The minimum atomic E-state index is -1.02. The molecule has 0 aliphatic heterocycles. The molecular formula is C16H22N2O4. The van der Waals surface area contributed by atoms with Gasteiger partial charge in [-0.05, 0) is 30.0 Å². The van der Waals surface area contributed by atoms with Crippen LogP contribution >= 0.6 is 0 Å². The summed E-state index contributed by atoms with van der Waals surface area (Å²) in [6, 6.07) is 7.16. The Balaban J connectivity index is 2.56. The highest BCUT2D eigenvalue weighted by Gasteiger charge is 2.17. The normalized spacial score (nSPS) is 12.4. The standard InChI is InChI=1S/C16H22N2O4/c1-10(14(17)20)22-13(19)9-18-15(21)11-5-7-12(8-6-11)16(2,3)4/h5-8,10H,9H2,1-4H3,(H2,17,20)(H,18,21)/t10-/m1/s1. The fourth-order valence-electron chi connectivity index (χ4n) is 1.67. The summed E-state index contributed by atoms with van der Waals surface area (Å²) in [4.78, 5) is 34.1. The van der Waals surface area contributed by atoms with E-state index in [4.69, 9.17) is 10.5 Å². The maximum Gasteiger partial charge on any atom is 0.326 e. The average Bonchev–Trinajstić information content (AvgIpc) is 2.43. The lowest BCUT2D eigenvalue weighted by atomic mass is 9.87. The van der Waals surface area contributed by atoms with Crippen molar-refractivity contribution in [1.82, 2.24) is 5.32 Å². The predicted octanol–water partition coefficient (Wildman–Crippen LogP) is 1.13. The summed E-state index contributed by atoms with van der Waals surface area (Å²) < 4.78 is 4.73. The van der Waals surface area contributed by atoms with E-state index in [1.807, 2.05) is 12.1 Å². The van der Waals surface area contributed by atoms with Crippen LogP contribution in [0.3, 0.4) is 0 Å². The number of ether oxygens (including phenoxy) is 1. The zero-order valence-corrected chi connectivity index (χ0v) is 13.3. The van der Waals surface area contributed by atoms with Gasteiger partial charge in [-0.15, -0.1) is 0 Å². The molecule has 0 saturated heterocycles. The van der Waals surface area contributed by atoms with Crippen molar-refractivity contribution in [3.63, 3.8) is 0 Å². The number of amides is 2. The molecule has 0 unspecified atom stereocenters. The molecule has 0 aromatic heterocycles. The van der Waals surface area contributed by atoms with E-state index in [-0.39, 0.29) is 17.9 Å². The van der Waals surface area contributed by atoms with Gasteiger partial charge in [-0.25, -0.2) is 0 Å². The molecule has 0 radical (unpaired) electrons. The molecule has 1 atom stereocenters. The van der Waals surface area contributed by atoms with Crippen molar-refractivity contribution in [3.8, 4) is 0 Å². The van der Waals surface area contributed by atoms with E-state index in [1.54, 1.807) is 12.1 Å². The number of nitrogens with one attached hydrogen (secondary N) is 1. The van der Waals surface area contributed by atoms with Crippen LogP contribution in [0.15, 0.2) is 24.3 Å². The van der Waals surface area contributed by atoms with Gasteiger partial charge in [-0.2, -0.15) is 0 Å². The van der Waals surface area contributed by atoms with E-state index in [0.717, 1.165) is 5.56 Å². The number of primary amides is 1. The molecule has 6 nitrogen and oxygen atoms in total. The summed E-state index contributed by atoms with van der Waals surface area (Å²) >= 11 is 0. The van der Waals surface area contributed by atoms with E-state index in [9.17, 15) is 14.4 Å². The van der Waals surface area contributed by atoms with Gasteiger partial charge in [0.15, 0.2) is 6.10 Å². The van der Waals surface area contributed by atoms with Crippen molar-refractivity contribution in [2.75, 3.05) is 6.54 Å². The Bertz CT molecular complexity index is 559. The van der Waals surface area contributed by atoms with Crippen molar-refractivity contribution >= 4 is 17.8 Å². The molecule has 0 bridgehead atoms. The quantitative estimate of drug-likeness (QED) is 0.797. The minimum absolute atomic E-state index is 0.00368. The van der Waals surface area contributed by atoms with Crippen LogP contribution in [0, 0.1) is 0 Å². The van der Waals surface area contributed by atoms with Crippen molar-refractivity contribution in [3.05, 3.63) is 35.4 Å². The van der Waals surface area contributed by atoms with Crippen molar-refractivity contribution < 1.29 is 19.1 Å². The highest BCUT2D eigenvalue weighted by Crippen LogP contribution is 2.22. The highest BCUT2D eigenvalue weighted by molar-refractivity contribution is 5.96. The Morgan fingerprint density at radius 2 is 1.73 bits per heavy atom. The summed E-state index contributed by atoms with van der Waals surface area (Å²) in [7, 11) is 0. The molecular weight excluding hydrogens is 284 g/mol. The second-order valence-corrected chi connectivity index (χ2v) is 6.04. The molecule has 0 saturated carbocycles. The predicted molar refractivity (Wildman–Crippen MR) is 82.2 cm³/mol. The van der Waals surface area contributed by atoms with Crippen LogP contribution in [0.5, 0.6) is 0 Å². The molecule has 120 valence electrons. The monoisotopic (exact) mass is 306 g/mol. The van der Waals surface area contributed by atoms with Gasteiger partial charge in [0.05, 0.1) is 0 Å². The Labute approximate surface area is 130 Å². The van der Waals surface area contributed by atoms with Gasteiger partial charge >= 0.3 is 5.97 Å². The molecule has 3 N–H and O–H groups in total. The fourth-order valence-corrected chi connectivity index (χ4v) is 1.67. The van der Waals surface area contributed by atoms with Crippen LogP contribution in [0.2, 0.25) is 0 Å². The largest absolute Gasteiger partial charge is 0.451 e. The van der Waals surface area contributed by atoms with Crippen LogP contribution < -0.4 is 11.1 Å². The lowest BCUT2D eigenvalue weighted by molar-refractivity contribution is -0.152. The zero-order valence-electron chi connectivity index (χ0n) is 13.3. The summed E-state index contributed by atoms with van der Waals surface area (Å²) in [6.07, 6.45) is -1.02. The van der Waals surface area contributed by atoms with Crippen molar-refractivity contribution in [1.29, 1.82) is 0 Å². The second kappa shape index (κ2) is 7.06. The zero-order chi connectivity index (χ0) is 16.9. The first-order valence-electron chi connectivity index (χ1n) is 6.99. The van der Waals surface area contributed by atoms with Crippen LogP contribution in [-0.4, -0.2) is 30.4 Å². The Morgan fingerprint density at radius 1 is 1.18 bits per heavy atom. The smallest absolute Gasteiger partial charge is 0.326 e. The topological polar surface area (TPSA) is 98.5 Å². The molecule has 6 heteroatoms.